The number of carbonyl (C=O) groups excluding carboxylic acids is 2. The Balaban J connectivity index is 1.50. The van der Waals surface area contributed by atoms with E-state index in [1.54, 1.807) is 35.4 Å². The summed E-state index contributed by atoms with van der Waals surface area (Å²) in [6.45, 7) is 3.55. The third-order valence-corrected chi connectivity index (χ3v) is 5.09. The number of hydrogen-bond donors (Lipinski definition) is 1. The number of nitrogens with one attached hydrogen (secondary N) is 1. The van der Waals surface area contributed by atoms with Gasteiger partial charge in [0.1, 0.15) is 5.75 Å². The number of halogens is 1. The number of carbonyl (C=O) groups is 2. The first-order chi connectivity index (χ1) is 14.1. The molecule has 1 fully saturated rings. The fraction of sp³-hybridized carbons (Fsp3) is 0.318. The molecule has 0 saturated carbocycles. The zero-order chi connectivity index (χ0) is 20.6. The molecule has 0 atom stereocenters. The van der Waals surface area contributed by atoms with Crippen molar-refractivity contribution >= 4 is 29.6 Å². The molecule has 2 amide bonds. The molecule has 0 radical (unpaired) electrons. The van der Waals surface area contributed by atoms with Crippen LogP contribution >= 0.6 is 11.6 Å². The molecular formula is C22H24ClN3O3. The van der Waals surface area contributed by atoms with Gasteiger partial charge in [-0.3, -0.25) is 9.59 Å². The van der Waals surface area contributed by atoms with Gasteiger partial charge in [-0.25, -0.2) is 5.43 Å². The minimum atomic E-state index is -0.163. The van der Waals surface area contributed by atoms with Crippen molar-refractivity contribution in [2.24, 2.45) is 11.0 Å². The fourth-order valence-corrected chi connectivity index (χ4v) is 3.38. The maximum absolute atomic E-state index is 12.5. The molecule has 1 N–H and O–H groups in total. The molecule has 2 aromatic rings. The highest BCUT2D eigenvalue weighted by Crippen LogP contribution is 2.20. The maximum Gasteiger partial charge on any atom is 0.253 e. The van der Waals surface area contributed by atoms with E-state index in [-0.39, 0.29) is 17.7 Å². The molecule has 1 heterocycles. The van der Waals surface area contributed by atoms with Crippen molar-refractivity contribution in [1.29, 1.82) is 0 Å². The minimum Gasteiger partial charge on any atom is -0.493 e. The van der Waals surface area contributed by atoms with Gasteiger partial charge in [-0.2, -0.15) is 5.10 Å². The van der Waals surface area contributed by atoms with Gasteiger partial charge in [0.2, 0.25) is 5.91 Å². The first-order valence-corrected chi connectivity index (χ1v) is 10.1. The van der Waals surface area contributed by atoms with Crippen LogP contribution in [0.2, 0.25) is 5.02 Å². The maximum atomic E-state index is 12.5. The topological polar surface area (TPSA) is 71.0 Å². The molecule has 29 heavy (non-hydrogen) atoms. The van der Waals surface area contributed by atoms with Crippen molar-refractivity contribution in [2.45, 2.75) is 19.8 Å². The lowest BCUT2D eigenvalue weighted by Gasteiger charge is -2.31. The average molecular weight is 414 g/mol. The smallest absolute Gasteiger partial charge is 0.253 e. The molecule has 6 nitrogen and oxygen atoms in total. The zero-order valence-corrected chi connectivity index (χ0v) is 17.1. The van der Waals surface area contributed by atoms with E-state index in [9.17, 15) is 9.59 Å². The monoisotopic (exact) mass is 413 g/mol. The predicted octanol–water partition coefficient (Wildman–Crippen LogP) is 3.74. The highest BCUT2D eigenvalue weighted by atomic mass is 35.5. The number of hydrogen-bond acceptors (Lipinski definition) is 4. The van der Waals surface area contributed by atoms with Crippen molar-refractivity contribution in [3.8, 4) is 5.75 Å². The molecule has 3 rings (SSSR count). The summed E-state index contributed by atoms with van der Waals surface area (Å²) in [6, 6.07) is 14.4. The van der Waals surface area contributed by atoms with Gasteiger partial charge in [0.15, 0.2) is 0 Å². The highest BCUT2D eigenvalue weighted by molar-refractivity contribution is 6.30. The van der Waals surface area contributed by atoms with Crippen LogP contribution in [-0.2, 0) is 4.79 Å². The number of piperidine rings is 1. The Morgan fingerprint density at radius 3 is 2.55 bits per heavy atom. The Hall–Kier alpha value is -2.86. The van der Waals surface area contributed by atoms with Gasteiger partial charge in [-0.15, -0.1) is 0 Å². The summed E-state index contributed by atoms with van der Waals surface area (Å²) in [5, 5.41) is 4.67. The van der Waals surface area contributed by atoms with Crippen molar-refractivity contribution in [2.75, 3.05) is 19.7 Å². The standard InChI is InChI=1S/C22H24ClN3O3/c1-2-29-20-6-4-3-5-18(20)15-24-25-21(27)16-11-13-26(14-12-16)22(28)17-7-9-19(23)10-8-17/h3-10,15-16H,2,11-14H2,1H3,(H,25,27)/b24-15-. The van der Waals surface area contributed by atoms with Crippen LogP contribution in [0.15, 0.2) is 53.6 Å². The van der Waals surface area contributed by atoms with Crippen LogP contribution in [0.5, 0.6) is 5.75 Å². The number of nitrogens with zero attached hydrogens (tertiary/aromatic N) is 2. The Bertz CT molecular complexity index is 875. The molecule has 0 bridgehead atoms. The van der Waals surface area contributed by atoms with Gasteiger partial charge in [0, 0.05) is 35.2 Å². The van der Waals surface area contributed by atoms with E-state index in [1.165, 1.54) is 0 Å². The molecule has 1 aliphatic rings. The lowest BCUT2D eigenvalue weighted by Crippen LogP contribution is -2.42. The molecular weight excluding hydrogens is 390 g/mol. The number of likely N-dealkylation sites (tertiary alicyclic amines) is 1. The van der Waals surface area contributed by atoms with Crippen LogP contribution in [-0.4, -0.2) is 42.6 Å². The number of amides is 2. The van der Waals surface area contributed by atoms with Gasteiger partial charge in [0.05, 0.1) is 12.8 Å². The van der Waals surface area contributed by atoms with Crippen LogP contribution in [0.3, 0.4) is 0 Å². The number of para-hydroxylation sites is 1. The van der Waals surface area contributed by atoms with Gasteiger partial charge in [0.25, 0.3) is 5.91 Å². The third-order valence-electron chi connectivity index (χ3n) is 4.84. The Morgan fingerprint density at radius 1 is 1.17 bits per heavy atom. The van der Waals surface area contributed by atoms with E-state index < -0.39 is 0 Å². The summed E-state index contributed by atoms with van der Waals surface area (Å²) in [6.07, 6.45) is 2.80. The lowest BCUT2D eigenvalue weighted by atomic mass is 9.95. The summed E-state index contributed by atoms with van der Waals surface area (Å²) >= 11 is 5.87. The summed E-state index contributed by atoms with van der Waals surface area (Å²) < 4.78 is 5.54. The number of rotatable bonds is 6. The molecule has 7 heteroatoms. The highest BCUT2D eigenvalue weighted by Gasteiger charge is 2.27. The average Bonchev–Trinajstić information content (AvgIpc) is 2.75. The number of ether oxygens (including phenoxy) is 1. The van der Waals surface area contributed by atoms with E-state index >= 15 is 0 Å². The van der Waals surface area contributed by atoms with Crippen LogP contribution in [0.25, 0.3) is 0 Å². The summed E-state index contributed by atoms with van der Waals surface area (Å²) in [4.78, 5) is 26.7. The van der Waals surface area contributed by atoms with Crippen molar-refractivity contribution in [3.63, 3.8) is 0 Å². The predicted molar refractivity (Wildman–Crippen MR) is 113 cm³/mol. The lowest BCUT2D eigenvalue weighted by molar-refractivity contribution is -0.126. The van der Waals surface area contributed by atoms with Crippen molar-refractivity contribution in [3.05, 3.63) is 64.7 Å². The van der Waals surface area contributed by atoms with E-state index in [2.05, 4.69) is 10.5 Å². The SMILES string of the molecule is CCOc1ccccc1/C=N\NC(=O)C1CCN(C(=O)c2ccc(Cl)cc2)CC1. The first-order valence-electron chi connectivity index (χ1n) is 9.68. The number of benzene rings is 2. The zero-order valence-electron chi connectivity index (χ0n) is 16.3. The summed E-state index contributed by atoms with van der Waals surface area (Å²) in [5.41, 5.74) is 4.02. The molecule has 0 aromatic heterocycles. The van der Waals surface area contributed by atoms with Crippen molar-refractivity contribution < 1.29 is 14.3 Å². The van der Waals surface area contributed by atoms with Crippen LogP contribution in [0.1, 0.15) is 35.7 Å². The van der Waals surface area contributed by atoms with Gasteiger partial charge in [-0.1, -0.05) is 23.7 Å². The van der Waals surface area contributed by atoms with Crippen LogP contribution in [0, 0.1) is 5.92 Å². The Labute approximate surface area is 175 Å². The first kappa shape index (κ1) is 20.9. The normalized spacial score (nSPS) is 14.8. The third kappa shape index (κ3) is 5.57. The second-order valence-corrected chi connectivity index (χ2v) is 7.21. The molecule has 0 aliphatic carbocycles. The molecule has 2 aromatic carbocycles. The molecule has 1 aliphatic heterocycles. The van der Waals surface area contributed by atoms with Crippen LogP contribution in [0.4, 0.5) is 0 Å². The van der Waals surface area contributed by atoms with E-state index in [0.717, 1.165) is 11.3 Å². The quantitative estimate of drug-likeness (QED) is 0.579. The van der Waals surface area contributed by atoms with Gasteiger partial charge >= 0.3 is 0 Å². The Morgan fingerprint density at radius 2 is 1.86 bits per heavy atom. The molecule has 1 saturated heterocycles. The molecule has 0 unspecified atom stereocenters. The Kier molecular flexibility index (Phi) is 7.25. The second kappa shape index (κ2) is 10.1. The van der Waals surface area contributed by atoms with Gasteiger partial charge in [-0.05, 0) is 56.2 Å². The van der Waals surface area contributed by atoms with E-state index in [1.807, 2.05) is 31.2 Å². The van der Waals surface area contributed by atoms with E-state index in [0.29, 0.717) is 43.1 Å². The van der Waals surface area contributed by atoms with E-state index in [4.69, 9.17) is 16.3 Å². The molecule has 0 spiro atoms. The van der Waals surface area contributed by atoms with Crippen LogP contribution < -0.4 is 10.2 Å². The largest absolute Gasteiger partial charge is 0.493 e. The number of hydrazone groups is 1. The molecule has 152 valence electrons. The fourth-order valence-electron chi connectivity index (χ4n) is 3.25. The minimum absolute atomic E-state index is 0.0360. The summed E-state index contributed by atoms with van der Waals surface area (Å²) in [5.74, 6) is 0.394. The van der Waals surface area contributed by atoms with Gasteiger partial charge < -0.3 is 9.64 Å². The summed E-state index contributed by atoms with van der Waals surface area (Å²) in [7, 11) is 0. The van der Waals surface area contributed by atoms with Crippen molar-refractivity contribution in [1.82, 2.24) is 10.3 Å². The second-order valence-electron chi connectivity index (χ2n) is 6.78.